The van der Waals surface area contributed by atoms with Gasteiger partial charge in [-0.1, -0.05) is 54.6 Å². The lowest BCUT2D eigenvalue weighted by Gasteiger charge is -2.01. The summed E-state index contributed by atoms with van der Waals surface area (Å²) in [5, 5.41) is 0. The van der Waals surface area contributed by atoms with E-state index < -0.39 is 0 Å². The van der Waals surface area contributed by atoms with Crippen molar-refractivity contribution in [3.63, 3.8) is 0 Å². The van der Waals surface area contributed by atoms with Gasteiger partial charge in [-0.3, -0.25) is 0 Å². The zero-order valence-electron chi connectivity index (χ0n) is 12.1. The normalized spacial score (nSPS) is 10.9. The maximum atomic E-state index is 2.17. The SMILES string of the molecule is C[n+]1ccccc1/C=C/c1ccc(-c2ccccc2)cc1. The molecule has 3 aromatic rings. The van der Waals surface area contributed by atoms with E-state index in [1.807, 2.05) is 12.1 Å². The molecule has 1 nitrogen and oxygen atoms in total. The Hall–Kier alpha value is -2.67. The standard InChI is InChI=1S/C20H18N/c1-21-16-6-5-9-20(21)15-12-17-10-13-19(14-11-17)18-7-3-2-4-8-18/h2-16H,1H3/q+1/b15-12+. The molecule has 0 amide bonds. The quantitative estimate of drug-likeness (QED) is 0.624. The Morgan fingerprint density at radius 3 is 2.05 bits per heavy atom. The van der Waals surface area contributed by atoms with Crippen LogP contribution in [0.3, 0.4) is 0 Å². The average Bonchev–Trinajstić information content (AvgIpc) is 2.55. The van der Waals surface area contributed by atoms with Gasteiger partial charge in [-0.05, 0) is 28.8 Å². The largest absolute Gasteiger partial charge is 0.204 e. The van der Waals surface area contributed by atoms with Crippen LogP contribution in [0.15, 0.2) is 79.0 Å². The fourth-order valence-electron chi connectivity index (χ4n) is 2.31. The van der Waals surface area contributed by atoms with E-state index in [1.54, 1.807) is 0 Å². The van der Waals surface area contributed by atoms with Crippen molar-refractivity contribution in [3.8, 4) is 11.1 Å². The monoisotopic (exact) mass is 272 g/mol. The van der Waals surface area contributed by atoms with E-state index in [4.69, 9.17) is 0 Å². The summed E-state index contributed by atoms with van der Waals surface area (Å²) < 4.78 is 2.11. The highest BCUT2D eigenvalue weighted by molar-refractivity contribution is 5.70. The Kier molecular flexibility index (Phi) is 3.92. The van der Waals surface area contributed by atoms with Gasteiger partial charge in [0.2, 0.25) is 5.69 Å². The molecule has 0 fully saturated rings. The maximum Gasteiger partial charge on any atom is 0.204 e. The van der Waals surface area contributed by atoms with Crippen molar-refractivity contribution in [2.24, 2.45) is 7.05 Å². The highest BCUT2D eigenvalue weighted by Gasteiger charge is 1.99. The molecule has 0 N–H and O–H groups in total. The number of hydrogen-bond acceptors (Lipinski definition) is 0. The van der Waals surface area contributed by atoms with Gasteiger partial charge in [-0.25, -0.2) is 4.57 Å². The highest BCUT2D eigenvalue weighted by Crippen LogP contribution is 2.19. The summed E-state index contributed by atoms with van der Waals surface area (Å²) in [5.74, 6) is 0. The predicted molar refractivity (Wildman–Crippen MR) is 88.4 cm³/mol. The highest BCUT2D eigenvalue weighted by atomic mass is 14.9. The summed E-state index contributed by atoms with van der Waals surface area (Å²) in [6.07, 6.45) is 6.33. The van der Waals surface area contributed by atoms with E-state index in [-0.39, 0.29) is 0 Å². The summed E-state index contributed by atoms with van der Waals surface area (Å²) in [5.41, 5.74) is 4.89. The van der Waals surface area contributed by atoms with E-state index in [0.717, 1.165) is 0 Å². The molecule has 1 aromatic heterocycles. The van der Waals surface area contributed by atoms with Gasteiger partial charge in [-0.2, -0.15) is 0 Å². The van der Waals surface area contributed by atoms with Crippen molar-refractivity contribution < 1.29 is 4.57 Å². The fraction of sp³-hybridized carbons (Fsp3) is 0.0500. The Morgan fingerprint density at radius 1 is 0.667 bits per heavy atom. The zero-order chi connectivity index (χ0) is 14.5. The molecular formula is C20H18N+. The second kappa shape index (κ2) is 6.19. The average molecular weight is 272 g/mol. The Bertz CT molecular complexity index is 740. The number of benzene rings is 2. The fourth-order valence-corrected chi connectivity index (χ4v) is 2.31. The van der Waals surface area contributed by atoms with Crippen molar-refractivity contribution in [1.29, 1.82) is 0 Å². The van der Waals surface area contributed by atoms with Crippen molar-refractivity contribution in [1.82, 2.24) is 0 Å². The third-order valence-corrected chi connectivity index (χ3v) is 3.56. The molecule has 1 heteroatoms. The first-order chi connectivity index (χ1) is 10.3. The molecule has 0 bridgehead atoms. The topological polar surface area (TPSA) is 3.88 Å². The second-order valence-electron chi connectivity index (χ2n) is 5.06. The van der Waals surface area contributed by atoms with Gasteiger partial charge >= 0.3 is 0 Å². The predicted octanol–water partition coefficient (Wildman–Crippen LogP) is 4.35. The van der Waals surface area contributed by atoms with Gasteiger partial charge in [0.25, 0.3) is 0 Å². The molecule has 0 atom stereocenters. The first-order valence-corrected chi connectivity index (χ1v) is 7.11. The van der Waals surface area contributed by atoms with Crippen LogP contribution in [0.25, 0.3) is 23.3 Å². The van der Waals surface area contributed by atoms with Crippen LogP contribution in [0.1, 0.15) is 11.3 Å². The van der Waals surface area contributed by atoms with Gasteiger partial charge in [0.15, 0.2) is 6.20 Å². The maximum absolute atomic E-state index is 2.17. The lowest BCUT2D eigenvalue weighted by Crippen LogP contribution is -2.30. The van der Waals surface area contributed by atoms with Crippen LogP contribution in [0.4, 0.5) is 0 Å². The smallest absolute Gasteiger partial charge is 0.202 e. The number of pyridine rings is 1. The third kappa shape index (κ3) is 3.26. The van der Waals surface area contributed by atoms with Gasteiger partial charge in [-0.15, -0.1) is 0 Å². The van der Waals surface area contributed by atoms with E-state index >= 15 is 0 Å². The Labute approximate surface area is 125 Å². The first-order valence-electron chi connectivity index (χ1n) is 7.11. The van der Waals surface area contributed by atoms with Crippen LogP contribution in [0.2, 0.25) is 0 Å². The van der Waals surface area contributed by atoms with E-state index in [0.29, 0.717) is 0 Å². The molecule has 0 unspecified atom stereocenters. The number of aryl methyl sites for hydroxylation is 1. The van der Waals surface area contributed by atoms with Crippen LogP contribution in [-0.2, 0) is 7.05 Å². The molecule has 0 aliphatic carbocycles. The molecule has 0 radical (unpaired) electrons. The molecular weight excluding hydrogens is 254 g/mol. The molecule has 1 heterocycles. The van der Waals surface area contributed by atoms with Crippen LogP contribution < -0.4 is 4.57 Å². The molecule has 21 heavy (non-hydrogen) atoms. The first kappa shape index (κ1) is 13.3. The molecule has 0 aliphatic rings. The van der Waals surface area contributed by atoms with Crippen molar-refractivity contribution >= 4 is 12.2 Å². The number of rotatable bonds is 3. The van der Waals surface area contributed by atoms with Crippen LogP contribution in [0.5, 0.6) is 0 Å². The number of hydrogen-bond donors (Lipinski definition) is 0. The lowest BCUT2D eigenvalue weighted by molar-refractivity contribution is -0.673. The minimum atomic E-state index is 1.18. The molecule has 102 valence electrons. The Morgan fingerprint density at radius 2 is 1.33 bits per heavy atom. The van der Waals surface area contributed by atoms with E-state index in [1.165, 1.54) is 22.4 Å². The summed E-state index contributed by atoms with van der Waals surface area (Å²) in [7, 11) is 2.05. The third-order valence-electron chi connectivity index (χ3n) is 3.56. The van der Waals surface area contributed by atoms with Gasteiger partial charge in [0.1, 0.15) is 7.05 Å². The molecule has 3 rings (SSSR count). The summed E-state index contributed by atoms with van der Waals surface area (Å²) >= 11 is 0. The van der Waals surface area contributed by atoms with Crippen molar-refractivity contribution in [2.75, 3.05) is 0 Å². The van der Waals surface area contributed by atoms with Crippen LogP contribution >= 0.6 is 0 Å². The summed E-state index contributed by atoms with van der Waals surface area (Å²) in [4.78, 5) is 0. The van der Waals surface area contributed by atoms with Gasteiger partial charge < -0.3 is 0 Å². The van der Waals surface area contributed by atoms with Gasteiger partial charge in [0.05, 0.1) is 0 Å². The summed E-state index contributed by atoms with van der Waals surface area (Å²) in [6, 6.07) is 25.3. The van der Waals surface area contributed by atoms with Crippen molar-refractivity contribution in [2.45, 2.75) is 0 Å². The molecule has 0 aliphatic heterocycles. The number of nitrogens with zero attached hydrogens (tertiary/aromatic N) is 1. The minimum absolute atomic E-state index is 1.18. The lowest BCUT2D eigenvalue weighted by atomic mass is 10.0. The molecule has 2 aromatic carbocycles. The molecule has 0 spiro atoms. The number of aromatic nitrogens is 1. The van der Waals surface area contributed by atoms with Gasteiger partial charge in [0, 0.05) is 18.2 Å². The minimum Gasteiger partial charge on any atom is -0.202 e. The van der Waals surface area contributed by atoms with Crippen LogP contribution in [-0.4, -0.2) is 0 Å². The second-order valence-corrected chi connectivity index (χ2v) is 5.06. The van der Waals surface area contributed by atoms with E-state index in [9.17, 15) is 0 Å². The van der Waals surface area contributed by atoms with Crippen LogP contribution in [0, 0.1) is 0 Å². The molecule has 0 saturated heterocycles. The zero-order valence-corrected chi connectivity index (χ0v) is 12.1. The summed E-state index contributed by atoms with van der Waals surface area (Å²) in [6.45, 7) is 0. The van der Waals surface area contributed by atoms with E-state index in [2.05, 4.69) is 90.6 Å². The van der Waals surface area contributed by atoms with Crippen molar-refractivity contribution in [3.05, 3.63) is 90.3 Å². The Balaban J connectivity index is 1.81. The molecule has 0 saturated carbocycles.